The molecular weight excluding hydrogens is 484 g/mol. The SMILES string of the molecule is COc1ccc(S(=O)(=O)N2CCCCC2)cc1CCC(=O)N[C@H](c1ccccc1)c1ccc(C)cc1C. The number of carbonyl (C=O) groups is 1. The largest absolute Gasteiger partial charge is 0.496 e. The number of ether oxygens (including phenoxy) is 1. The van der Waals surface area contributed by atoms with Crippen molar-refractivity contribution in [2.24, 2.45) is 0 Å². The van der Waals surface area contributed by atoms with Gasteiger partial charge >= 0.3 is 0 Å². The van der Waals surface area contributed by atoms with Crippen LogP contribution in [0.3, 0.4) is 0 Å². The molecule has 1 aliphatic rings. The molecule has 3 aromatic carbocycles. The van der Waals surface area contributed by atoms with Crippen molar-refractivity contribution in [3.63, 3.8) is 0 Å². The molecular formula is C30H36N2O4S. The van der Waals surface area contributed by atoms with E-state index in [0.29, 0.717) is 30.8 Å². The van der Waals surface area contributed by atoms with Gasteiger partial charge in [-0.1, -0.05) is 60.5 Å². The summed E-state index contributed by atoms with van der Waals surface area (Å²) in [6.45, 7) is 5.21. The van der Waals surface area contributed by atoms with E-state index in [0.717, 1.165) is 36.0 Å². The Kier molecular flexibility index (Phi) is 8.67. The van der Waals surface area contributed by atoms with Crippen LogP contribution in [0.1, 0.15) is 59.5 Å². The molecule has 1 N–H and O–H groups in total. The Morgan fingerprint density at radius 1 is 0.973 bits per heavy atom. The fourth-order valence-corrected chi connectivity index (χ4v) is 6.55. The number of hydrogen-bond acceptors (Lipinski definition) is 4. The third-order valence-electron chi connectivity index (χ3n) is 7.00. The maximum atomic E-state index is 13.2. The summed E-state index contributed by atoms with van der Waals surface area (Å²) in [5.74, 6) is 0.472. The van der Waals surface area contributed by atoms with Crippen LogP contribution in [0.4, 0.5) is 0 Å². The summed E-state index contributed by atoms with van der Waals surface area (Å²) < 4.78 is 33.5. The molecule has 3 aromatic rings. The number of hydrogen-bond donors (Lipinski definition) is 1. The third-order valence-corrected chi connectivity index (χ3v) is 8.90. The summed E-state index contributed by atoms with van der Waals surface area (Å²) in [6, 6.07) is 20.8. The van der Waals surface area contributed by atoms with Crippen molar-refractivity contribution >= 4 is 15.9 Å². The molecule has 0 saturated carbocycles. The van der Waals surface area contributed by atoms with Crippen molar-refractivity contribution in [1.29, 1.82) is 0 Å². The van der Waals surface area contributed by atoms with Crippen LogP contribution in [0.15, 0.2) is 71.6 Å². The first kappa shape index (κ1) is 26.9. The van der Waals surface area contributed by atoms with Gasteiger partial charge in [-0.15, -0.1) is 0 Å². The van der Waals surface area contributed by atoms with Gasteiger partial charge in [0.1, 0.15) is 5.75 Å². The standard InChI is InChI=1S/C30H36N2O4S/c1-22-12-15-27(23(2)20-22)30(24-10-6-4-7-11-24)31-29(33)17-13-25-21-26(14-16-28(25)36-3)37(34,35)32-18-8-5-9-19-32/h4,6-7,10-12,14-16,20-21,30H,5,8-9,13,17-19H2,1-3H3,(H,31,33)/t30-/m1/s1. The Labute approximate surface area is 220 Å². The van der Waals surface area contributed by atoms with Crippen molar-refractivity contribution in [3.8, 4) is 5.75 Å². The highest BCUT2D eigenvalue weighted by atomic mass is 32.2. The van der Waals surface area contributed by atoms with Crippen LogP contribution >= 0.6 is 0 Å². The number of benzene rings is 3. The molecule has 1 heterocycles. The molecule has 7 heteroatoms. The van der Waals surface area contributed by atoms with E-state index in [9.17, 15) is 13.2 Å². The zero-order valence-electron chi connectivity index (χ0n) is 21.9. The first-order valence-corrected chi connectivity index (χ1v) is 14.3. The lowest BCUT2D eigenvalue weighted by molar-refractivity contribution is -0.121. The van der Waals surface area contributed by atoms with Crippen molar-refractivity contribution in [2.75, 3.05) is 20.2 Å². The van der Waals surface area contributed by atoms with Crippen LogP contribution in [-0.2, 0) is 21.2 Å². The smallest absolute Gasteiger partial charge is 0.243 e. The molecule has 4 rings (SSSR count). The number of methoxy groups -OCH3 is 1. The molecule has 0 spiro atoms. The predicted octanol–water partition coefficient (Wildman–Crippen LogP) is 5.33. The lowest BCUT2D eigenvalue weighted by Gasteiger charge is -2.26. The van der Waals surface area contributed by atoms with Crippen LogP contribution in [0, 0.1) is 13.8 Å². The summed E-state index contributed by atoms with van der Waals surface area (Å²) in [5.41, 5.74) is 5.06. The molecule has 1 fully saturated rings. The van der Waals surface area contributed by atoms with E-state index in [2.05, 4.69) is 37.4 Å². The molecule has 0 aliphatic carbocycles. The quantitative estimate of drug-likeness (QED) is 0.414. The molecule has 0 unspecified atom stereocenters. The second kappa shape index (κ2) is 11.9. The van der Waals surface area contributed by atoms with Crippen LogP contribution in [0.5, 0.6) is 5.75 Å². The number of nitrogens with zero attached hydrogens (tertiary/aromatic N) is 1. The Balaban J connectivity index is 1.53. The minimum Gasteiger partial charge on any atom is -0.496 e. The first-order chi connectivity index (χ1) is 17.8. The van der Waals surface area contributed by atoms with Gasteiger partial charge in [0, 0.05) is 19.5 Å². The van der Waals surface area contributed by atoms with E-state index in [1.807, 2.05) is 30.3 Å². The number of aryl methyl sites for hydroxylation is 3. The van der Waals surface area contributed by atoms with Gasteiger partial charge in [0.2, 0.25) is 15.9 Å². The van der Waals surface area contributed by atoms with Gasteiger partial charge in [-0.05, 0) is 73.6 Å². The molecule has 1 aliphatic heterocycles. The molecule has 0 bridgehead atoms. The average Bonchev–Trinajstić information content (AvgIpc) is 2.91. The number of nitrogens with one attached hydrogen (secondary N) is 1. The Morgan fingerprint density at radius 2 is 1.70 bits per heavy atom. The second-order valence-corrected chi connectivity index (χ2v) is 11.6. The molecule has 1 saturated heterocycles. The van der Waals surface area contributed by atoms with E-state index < -0.39 is 10.0 Å². The normalized spacial score (nSPS) is 15.2. The van der Waals surface area contributed by atoms with Gasteiger partial charge in [-0.25, -0.2) is 8.42 Å². The van der Waals surface area contributed by atoms with Crippen molar-refractivity contribution in [2.45, 2.75) is 56.9 Å². The summed E-state index contributed by atoms with van der Waals surface area (Å²) >= 11 is 0. The van der Waals surface area contributed by atoms with Gasteiger partial charge in [-0.2, -0.15) is 4.31 Å². The molecule has 1 atom stereocenters. The third kappa shape index (κ3) is 6.40. The highest BCUT2D eigenvalue weighted by Gasteiger charge is 2.27. The van der Waals surface area contributed by atoms with E-state index in [4.69, 9.17) is 4.74 Å². The number of piperidine rings is 1. The maximum Gasteiger partial charge on any atom is 0.243 e. The number of amides is 1. The number of sulfonamides is 1. The van der Waals surface area contributed by atoms with Gasteiger partial charge in [-0.3, -0.25) is 4.79 Å². The van der Waals surface area contributed by atoms with Crippen LogP contribution in [0.2, 0.25) is 0 Å². The van der Waals surface area contributed by atoms with Gasteiger partial charge in [0.15, 0.2) is 0 Å². The van der Waals surface area contributed by atoms with Crippen molar-refractivity contribution in [1.82, 2.24) is 9.62 Å². The summed E-state index contributed by atoms with van der Waals surface area (Å²) in [5, 5.41) is 3.21. The van der Waals surface area contributed by atoms with Gasteiger partial charge < -0.3 is 10.1 Å². The predicted molar refractivity (Wildman–Crippen MR) is 146 cm³/mol. The van der Waals surface area contributed by atoms with Crippen LogP contribution < -0.4 is 10.1 Å². The number of rotatable bonds is 9. The number of carbonyl (C=O) groups excluding carboxylic acids is 1. The molecule has 37 heavy (non-hydrogen) atoms. The fraction of sp³-hybridized carbons (Fsp3) is 0.367. The van der Waals surface area contributed by atoms with E-state index in [1.165, 1.54) is 5.56 Å². The van der Waals surface area contributed by atoms with E-state index in [-0.39, 0.29) is 23.3 Å². The minimum atomic E-state index is -3.57. The Bertz CT molecular complexity index is 1330. The monoisotopic (exact) mass is 520 g/mol. The van der Waals surface area contributed by atoms with Crippen molar-refractivity contribution < 1.29 is 17.9 Å². The molecule has 0 aromatic heterocycles. The van der Waals surface area contributed by atoms with Gasteiger partial charge in [0.25, 0.3) is 0 Å². The molecule has 196 valence electrons. The second-order valence-electron chi connectivity index (χ2n) is 9.71. The first-order valence-electron chi connectivity index (χ1n) is 12.9. The van der Waals surface area contributed by atoms with E-state index in [1.54, 1.807) is 29.6 Å². The van der Waals surface area contributed by atoms with Crippen LogP contribution in [0.25, 0.3) is 0 Å². The summed E-state index contributed by atoms with van der Waals surface area (Å²) in [4.78, 5) is 13.5. The Morgan fingerprint density at radius 3 is 2.38 bits per heavy atom. The Hall–Kier alpha value is -3.16. The average molecular weight is 521 g/mol. The minimum absolute atomic E-state index is 0.111. The van der Waals surface area contributed by atoms with Crippen molar-refractivity contribution in [3.05, 3.63) is 94.5 Å². The fourth-order valence-electron chi connectivity index (χ4n) is 4.98. The zero-order chi connectivity index (χ0) is 26.4. The zero-order valence-corrected chi connectivity index (χ0v) is 22.7. The molecule has 6 nitrogen and oxygen atoms in total. The van der Waals surface area contributed by atoms with Gasteiger partial charge in [0.05, 0.1) is 18.0 Å². The lowest BCUT2D eigenvalue weighted by atomic mass is 9.93. The highest BCUT2D eigenvalue weighted by Crippen LogP contribution is 2.29. The molecule has 1 amide bonds. The van der Waals surface area contributed by atoms with Crippen LogP contribution in [-0.4, -0.2) is 38.8 Å². The maximum absolute atomic E-state index is 13.2. The topological polar surface area (TPSA) is 75.7 Å². The molecule has 0 radical (unpaired) electrons. The highest BCUT2D eigenvalue weighted by molar-refractivity contribution is 7.89. The summed E-state index contributed by atoms with van der Waals surface area (Å²) in [6.07, 6.45) is 3.39. The summed E-state index contributed by atoms with van der Waals surface area (Å²) in [7, 11) is -2.01. The van der Waals surface area contributed by atoms with E-state index >= 15 is 0 Å². The lowest BCUT2D eigenvalue weighted by Crippen LogP contribution is -2.35.